The van der Waals surface area contributed by atoms with E-state index in [1.807, 2.05) is 91.0 Å². The maximum absolute atomic E-state index is 14.5. The van der Waals surface area contributed by atoms with Gasteiger partial charge in [0.2, 0.25) is 0 Å². The van der Waals surface area contributed by atoms with E-state index in [0.717, 1.165) is 41.6 Å². The Morgan fingerprint density at radius 2 is 1.29 bits per heavy atom. The van der Waals surface area contributed by atoms with Gasteiger partial charge in [-0.1, -0.05) is 145 Å². The minimum Gasteiger partial charge on any atom is -0.497 e. The smallest absolute Gasteiger partial charge is 0.338 e. The Balaban J connectivity index is 1.18. The highest BCUT2D eigenvalue weighted by Crippen LogP contribution is 2.64. The van der Waals surface area contributed by atoms with Crippen molar-refractivity contribution in [1.29, 1.82) is 0 Å². The number of carbonyl (C=O) groups excluding carboxylic acids is 1. The van der Waals surface area contributed by atoms with Crippen molar-refractivity contribution in [3.8, 4) is 23.0 Å². The number of ether oxygens (including phenoxy) is 7. The fourth-order valence-corrected chi connectivity index (χ4v) is 16.8. The van der Waals surface area contributed by atoms with Crippen molar-refractivity contribution in [2.75, 3.05) is 27.4 Å². The molecule has 0 radical (unpaired) electrons. The molecule has 2 fully saturated rings. The minimum absolute atomic E-state index is 0.0260. The number of esters is 1. The summed E-state index contributed by atoms with van der Waals surface area (Å²) >= 11 is 0. The Hall–Kier alpha value is -5.69. The summed E-state index contributed by atoms with van der Waals surface area (Å²) in [6, 6.07) is 45.0. The third-order valence-corrected chi connectivity index (χ3v) is 21.4. The maximum Gasteiger partial charge on any atom is 0.338 e. The van der Waals surface area contributed by atoms with Crippen LogP contribution in [0.4, 0.5) is 0 Å². The molecule has 4 aliphatic rings. The Labute approximate surface area is 433 Å². The minimum atomic E-state index is -3.12. The standard InChI is InChI=1S/C62H74O10Si/c1-41(2)50-33-34-61(6)35-36-62(7)51(55(50)61)38-52(71-58(64)42-19-13-10-14-20-42)43(39-68-73(60(3,4)5,48-21-15-11-16-22-48)49-23-17-12-18-24-49)37-54(62)72-59-57(70-47-31-27-45(66-9)28-32-47)56(63)53(40-67-59)69-46-29-25-44(65-8)26-30-46/h10-32,37,41,51-54,56-57,59,63H,33-36,38-40H2,1-9H3/t51-,52-,53-,54+,56+,57-,59+,61-,62-/m1/s1. The van der Waals surface area contributed by atoms with Crippen molar-refractivity contribution in [2.24, 2.45) is 22.7 Å². The van der Waals surface area contributed by atoms with Gasteiger partial charge in [0.25, 0.3) is 8.32 Å². The number of methoxy groups -OCH3 is 2. The highest BCUT2D eigenvalue weighted by molar-refractivity contribution is 6.99. The summed E-state index contributed by atoms with van der Waals surface area (Å²) in [6.45, 7) is 16.4. The molecular formula is C62H74O10Si. The zero-order valence-electron chi connectivity index (χ0n) is 44.0. The summed E-state index contributed by atoms with van der Waals surface area (Å²) in [7, 11) is 0.117. The molecule has 5 aromatic carbocycles. The quantitative estimate of drug-likeness (QED) is 0.0583. The van der Waals surface area contributed by atoms with Crippen LogP contribution in [0.1, 0.15) is 90.9 Å². The molecule has 10 nitrogen and oxygen atoms in total. The SMILES string of the molecule is COc1ccc(O[C@H]2[C@H](O[C@H]3C=C(CO[Si](c4ccccc4)(c4ccccc4)C(C)(C)C)[C@H](OC(=O)c4ccccc4)C[C@@H]4C5=C(C(C)C)CC[C@]5(C)CC[C@@]34C)OC[C@@H](Oc3ccc(OC)cc3)[C@@H]2O)cc1. The van der Waals surface area contributed by atoms with Gasteiger partial charge >= 0.3 is 5.97 Å². The van der Waals surface area contributed by atoms with E-state index in [1.165, 1.54) is 11.1 Å². The molecule has 0 unspecified atom stereocenters. The van der Waals surface area contributed by atoms with E-state index in [-0.39, 0.29) is 35.6 Å². The van der Waals surface area contributed by atoms with E-state index in [1.54, 1.807) is 14.2 Å². The summed E-state index contributed by atoms with van der Waals surface area (Å²) in [5.41, 5.74) is 3.72. The van der Waals surface area contributed by atoms with Gasteiger partial charge in [-0.2, -0.15) is 0 Å². The molecule has 9 atom stereocenters. The monoisotopic (exact) mass is 1010 g/mol. The predicted octanol–water partition coefficient (Wildman–Crippen LogP) is 11.3. The molecule has 1 N–H and O–H groups in total. The molecule has 0 amide bonds. The number of fused-ring (bicyclic) bond motifs is 3. The van der Waals surface area contributed by atoms with Crippen LogP contribution in [0.3, 0.4) is 0 Å². The molecule has 73 heavy (non-hydrogen) atoms. The number of aliphatic hydroxyl groups is 1. The van der Waals surface area contributed by atoms with E-state index in [9.17, 15) is 9.90 Å². The van der Waals surface area contributed by atoms with Gasteiger partial charge in [-0.3, -0.25) is 0 Å². The summed E-state index contributed by atoms with van der Waals surface area (Å²) in [5.74, 6) is 2.32. The summed E-state index contributed by atoms with van der Waals surface area (Å²) in [4.78, 5) is 14.5. The van der Waals surface area contributed by atoms with Gasteiger partial charge in [-0.15, -0.1) is 0 Å². The summed E-state index contributed by atoms with van der Waals surface area (Å²) in [6.07, 6.45) is 1.31. The summed E-state index contributed by atoms with van der Waals surface area (Å²) < 4.78 is 53.0. The molecule has 0 spiro atoms. The highest BCUT2D eigenvalue weighted by atomic mass is 28.4. The fourth-order valence-electron chi connectivity index (χ4n) is 12.3. The topological polar surface area (TPSA) is 111 Å². The van der Waals surface area contributed by atoms with E-state index in [2.05, 4.69) is 103 Å². The highest BCUT2D eigenvalue weighted by Gasteiger charge is 2.58. The Kier molecular flexibility index (Phi) is 15.5. The zero-order chi connectivity index (χ0) is 51.5. The number of benzene rings is 5. The van der Waals surface area contributed by atoms with Gasteiger partial charge < -0.3 is 42.7 Å². The fraction of sp³-hybridized carbons (Fsp3) is 0.435. The second kappa shape index (κ2) is 21.6. The lowest BCUT2D eigenvalue weighted by atomic mass is 9.54. The predicted molar refractivity (Wildman–Crippen MR) is 287 cm³/mol. The molecule has 0 bridgehead atoms. The van der Waals surface area contributed by atoms with Crippen molar-refractivity contribution in [2.45, 2.75) is 122 Å². The lowest BCUT2D eigenvalue weighted by Crippen LogP contribution is -2.66. The lowest BCUT2D eigenvalue weighted by Gasteiger charge is -2.53. The summed E-state index contributed by atoms with van der Waals surface area (Å²) in [5, 5.41) is 14.4. The van der Waals surface area contributed by atoms with Crippen LogP contribution in [0.25, 0.3) is 0 Å². The Morgan fingerprint density at radius 3 is 1.84 bits per heavy atom. The average molecular weight is 1010 g/mol. The van der Waals surface area contributed by atoms with Crippen LogP contribution in [0.5, 0.6) is 23.0 Å². The van der Waals surface area contributed by atoms with E-state index >= 15 is 0 Å². The van der Waals surface area contributed by atoms with E-state index < -0.39 is 50.5 Å². The van der Waals surface area contributed by atoms with Gasteiger partial charge in [-0.25, -0.2) is 4.79 Å². The molecule has 9 rings (SSSR count). The van der Waals surface area contributed by atoms with Crippen molar-refractivity contribution in [1.82, 2.24) is 0 Å². The average Bonchev–Trinajstić information content (AvgIpc) is 3.71. The molecule has 3 aliphatic carbocycles. The third kappa shape index (κ3) is 10.5. The molecular weight excluding hydrogens is 933 g/mol. The second-order valence-corrected chi connectivity index (χ2v) is 26.5. The number of hydrogen-bond acceptors (Lipinski definition) is 10. The first-order valence-electron chi connectivity index (χ1n) is 26.1. The number of carbonyl (C=O) groups is 1. The number of aliphatic hydroxyl groups excluding tert-OH is 1. The molecule has 1 saturated heterocycles. The Bertz CT molecular complexity index is 2660. The number of allylic oxidation sites excluding steroid dienone is 2. The van der Waals surface area contributed by atoms with Crippen LogP contribution in [-0.2, 0) is 18.6 Å². The second-order valence-electron chi connectivity index (χ2n) is 22.2. The maximum atomic E-state index is 14.5. The molecule has 11 heteroatoms. The normalized spacial score (nSPS) is 27.3. The molecule has 0 aromatic heterocycles. The Morgan fingerprint density at radius 1 is 0.740 bits per heavy atom. The first-order valence-corrected chi connectivity index (χ1v) is 28.0. The van der Waals surface area contributed by atoms with E-state index in [0.29, 0.717) is 40.9 Å². The molecule has 386 valence electrons. The van der Waals surface area contributed by atoms with Crippen LogP contribution < -0.4 is 29.3 Å². The lowest BCUT2D eigenvalue weighted by molar-refractivity contribution is -0.280. The molecule has 1 aliphatic heterocycles. The number of hydrogen-bond donors (Lipinski definition) is 1. The van der Waals surface area contributed by atoms with Crippen LogP contribution in [0, 0.1) is 22.7 Å². The zero-order valence-corrected chi connectivity index (χ0v) is 45.0. The third-order valence-electron chi connectivity index (χ3n) is 16.4. The van der Waals surface area contributed by atoms with Crippen LogP contribution >= 0.6 is 0 Å². The number of rotatable bonds is 16. The van der Waals surface area contributed by atoms with Gasteiger partial charge in [0.15, 0.2) is 18.5 Å². The molecule has 5 aromatic rings. The van der Waals surface area contributed by atoms with Crippen molar-refractivity contribution < 1.29 is 47.5 Å². The van der Waals surface area contributed by atoms with Crippen LogP contribution in [0.2, 0.25) is 5.04 Å². The van der Waals surface area contributed by atoms with Crippen molar-refractivity contribution in [3.63, 3.8) is 0 Å². The largest absolute Gasteiger partial charge is 0.497 e. The van der Waals surface area contributed by atoms with Crippen LogP contribution in [-0.4, -0.2) is 83.6 Å². The van der Waals surface area contributed by atoms with Crippen molar-refractivity contribution in [3.05, 3.63) is 168 Å². The van der Waals surface area contributed by atoms with Crippen molar-refractivity contribution >= 4 is 24.7 Å². The first kappa shape index (κ1) is 52.2. The van der Waals surface area contributed by atoms with E-state index in [4.69, 9.17) is 37.6 Å². The molecule has 1 saturated carbocycles. The first-order chi connectivity index (χ1) is 35.1. The van der Waals surface area contributed by atoms with Gasteiger partial charge in [0.1, 0.15) is 35.2 Å². The van der Waals surface area contributed by atoms with Gasteiger partial charge in [-0.05, 0) is 131 Å². The molecule has 1 heterocycles. The van der Waals surface area contributed by atoms with Gasteiger partial charge in [0, 0.05) is 5.41 Å². The van der Waals surface area contributed by atoms with Gasteiger partial charge in [0.05, 0.1) is 39.1 Å². The van der Waals surface area contributed by atoms with Crippen LogP contribution in [0.15, 0.2) is 162 Å².